The van der Waals surface area contributed by atoms with Gasteiger partial charge in [-0.05, 0) is 44.6 Å². The van der Waals surface area contributed by atoms with Crippen LogP contribution in [0.1, 0.15) is 27.7 Å². The Morgan fingerprint density at radius 1 is 1.25 bits per heavy atom. The molecule has 0 fully saturated rings. The molecule has 1 aromatic heterocycles. The molecule has 0 saturated heterocycles. The molecule has 1 amide bonds. The number of carbonyl (C=O) groups is 2. The summed E-state index contributed by atoms with van der Waals surface area (Å²) in [6.07, 6.45) is 0.720. The average Bonchev–Trinajstić information content (AvgIpc) is 3.30. The first-order chi connectivity index (χ1) is 13.5. The lowest BCUT2D eigenvalue weighted by Gasteiger charge is -2.28. The molecular weight excluding hydrogens is 376 g/mol. The zero-order valence-corrected chi connectivity index (χ0v) is 17.0. The van der Waals surface area contributed by atoms with E-state index in [9.17, 15) is 14.7 Å². The van der Waals surface area contributed by atoms with Gasteiger partial charge in [0.05, 0.1) is 23.6 Å². The fraction of sp³-hybridized carbons (Fsp3) is 0.333. The zero-order chi connectivity index (χ0) is 20.3. The highest BCUT2D eigenvalue weighted by Crippen LogP contribution is 2.42. The first-order valence-corrected chi connectivity index (χ1v) is 9.93. The molecule has 6 nitrogen and oxygen atoms in total. The van der Waals surface area contributed by atoms with Crippen molar-refractivity contribution in [1.29, 1.82) is 0 Å². The van der Waals surface area contributed by atoms with Crippen LogP contribution in [0.2, 0.25) is 0 Å². The van der Waals surface area contributed by atoms with Crippen molar-refractivity contribution in [3.63, 3.8) is 0 Å². The van der Waals surface area contributed by atoms with Gasteiger partial charge >= 0.3 is 0 Å². The highest BCUT2D eigenvalue weighted by molar-refractivity contribution is 7.12. The Hall–Kier alpha value is -2.64. The summed E-state index contributed by atoms with van der Waals surface area (Å²) < 4.78 is 5.48. The monoisotopic (exact) mass is 400 g/mol. The van der Waals surface area contributed by atoms with Crippen molar-refractivity contribution in [1.82, 2.24) is 9.80 Å². The van der Waals surface area contributed by atoms with Gasteiger partial charge in [0, 0.05) is 12.1 Å². The second kappa shape index (κ2) is 8.58. The Kier molecular flexibility index (Phi) is 6.16. The molecule has 1 aromatic carbocycles. The van der Waals surface area contributed by atoms with Gasteiger partial charge in [-0.1, -0.05) is 24.3 Å². The fourth-order valence-electron chi connectivity index (χ4n) is 3.43. The van der Waals surface area contributed by atoms with Gasteiger partial charge in [-0.25, -0.2) is 0 Å². The summed E-state index contributed by atoms with van der Waals surface area (Å²) in [6, 6.07) is 10.1. The predicted molar refractivity (Wildman–Crippen MR) is 109 cm³/mol. The normalized spacial score (nSPS) is 16.9. The number of aliphatic hydroxyl groups is 1. The average molecular weight is 401 g/mol. The Balaban J connectivity index is 2.05. The minimum atomic E-state index is -0.680. The van der Waals surface area contributed by atoms with Gasteiger partial charge in [0.2, 0.25) is 5.78 Å². The summed E-state index contributed by atoms with van der Waals surface area (Å²) >= 11 is 1.29. The van der Waals surface area contributed by atoms with Crippen LogP contribution in [0.15, 0.2) is 53.1 Å². The van der Waals surface area contributed by atoms with Crippen LogP contribution in [0, 0.1) is 0 Å². The fourth-order valence-corrected chi connectivity index (χ4v) is 4.11. The van der Waals surface area contributed by atoms with Crippen LogP contribution in [0.25, 0.3) is 0 Å². The Morgan fingerprint density at radius 2 is 2.00 bits per heavy atom. The third-order valence-corrected chi connectivity index (χ3v) is 5.60. The van der Waals surface area contributed by atoms with E-state index in [1.807, 2.05) is 37.2 Å². The number of ether oxygens (including phenoxy) is 1. The molecule has 0 bridgehead atoms. The molecule has 148 valence electrons. The molecule has 1 N–H and O–H groups in total. The molecule has 1 atom stereocenters. The molecule has 2 heterocycles. The number of aliphatic hydroxyl groups excluding tert-OH is 1. The van der Waals surface area contributed by atoms with Crippen LogP contribution in [0.3, 0.4) is 0 Å². The van der Waals surface area contributed by atoms with Gasteiger partial charge in [-0.2, -0.15) is 0 Å². The van der Waals surface area contributed by atoms with E-state index in [1.165, 1.54) is 11.3 Å². The topological polar surface area (TPSA) is 70.1 Å². The third kappa shape index (κ3) is 3.81. The summed E-state index contributed by atoms with van der Waals surface area (Å²) in [7, 11) is 5.48. The minimum Gasteiger partial charge on any atom is -0.503 e. The number of carbonyl (C=O) groups excluding carboxylic acids is 2. The van der Waals surface area contributed by atoms with Crippen molar-refractivity contribution in [2.24, 2.45) is 0 Å². The number of amides is 1. The van der Waals surface area contributed by atoms with E-state index < -0.39 is 17.7 Å². The number of ketones is 1. The lowest BCUT2D eigenvalue weighted by Crippen LogP contribution is -2.33. The number of Topliss-reactive ketones (excluding diaryl/α,β-unsaturated/α-hetero) is 1. The van der Waals surface area contributed by atoms with Crippen LogP contribution in [-0.2, 0) is 4.79 Å². The molecule has 7 heteroatoms. The van der Waals surface area contributed by atoms with Crippen molar-refractivity contribution in [3.8, 4) is 5.75 Å². The van der Waals surface area contributed by atoms with Gasteiger partial charge in [0.1, 0.15) is 5.75 Å². The number of rotatable bonds is 8. The molecule has 0 spiro atoms. The summed E-state index contributed by atoms with van der Waals surface area (Å²) in [6.45, 7) is 1.21. The molecular formula is C21H24N2O4S. The number of hydrogen-bond donors (Lipinski definition) is 1. The number of para-hydroxylation sites is 1. The smallest absolute Gasteiger partial charge is 0.290 e. The lowest BCUT2D eigenvalue weighted by molar-refractivity contribution is -0.129. The SMILES string of the molecule is COc1ccccc1C1C(C(=O)c2cccs2)=C(O)C(=O)N1CCCN(C)C. The van der Waals surface area contributed by atoms with Crippen molar-refractivity contribution >= 4 is 23.0 Å². The highest BCUT2D eigenvalue weighted by Gasteiger charge is 2.44. The molecule has 1 aliphatic heterocycles. The number of methoxy groups -OCH3 is 1. The molecule has 0 radical (unpaired) electrons. The lowest BCUT2D eigenvalue weighted by atomic mass is 9.94. The predicted octanol–water partition coefficient (Wildman–Crippen LogP) is 3.29. The van der Waals surface area contributed by atoms with Crippen molar-refractivity contribution in [3.05, 3.63) is 63.6 Å². The van der Waals surface area contributed by atoms with Gasteiger partial charge in [0.25, 0.3) is 5.91 Å². The van der Waals surface area contributed by atoms with E-state index in [0.29, 0.717) is 22.7 Å². The summed E-state index contributed by atoms with van der Waals surface area (Å²) in [5.74, 6) is -0.746. The van der Waals surface area contributed by atoms with E-state index in [-0.39, 0.29) is 11.4 Å². The van der Waals surface area contributed by atoms with Crippen molar-refractivity contribution in [2.75, 3.05) is 34.3 Å². The van der Waals surface area contributed by atoms with Crippen LogP contribution in [0.5, 0.6) is 5.75 Å². The van der Waals surface area contributed by atoms with E-state index in [1.54, 1.807) is 35.6 Å². The number of thiophene rings is 1. The van der Waals surface area contributed by atoms with Crippen LogP contribution in [-0.4, -0.2) is 60.9 Å². The molecule has 2 aromatic rings. The third-order valence-electron chi connectivity index (χ3n) is 4.73. The van der Waals surface area contributed by atoms with Crippen molar-refractivity contribution < 1.29 is 19.4 Å². The molecule has 1 unspecified atom stereocenters. The molecule has 0 saturated carbocycles. The Labute approximate surface area is 168 Å². The van der Waals surface area contributed by atoms with Crippen LogP contribution >= 0.6 is 11.3 Å². The molecule has 1 aliphatic rings. The van der Waals surface area contributed by atoms with E-state index >= 15 is 0 Å². The quantitative estimate of drug-likeness (QED) is 0.689. The molecule has 3 rings (SSSR count). The maximum absolute atomic E-state index is 13.1. The molecule has 28 heavy (non-hydrogen) atoms. The second-order valence-corrected chi connectivity index (χ2v) is 7.82. The van der Waals surface area contributed by atoms with Gasteiger partial charge in [-0.15, -0.1) is 11.3 Å². The summed E-state index contributed by atoms with van der Waals surface area (Å²) in [4.78, 5) is 30.1. The maximum Gasteiger partial charge on any atom is 0.290 e. The van der Waals surface area contributed by atoms with E-state index in [2.05, 4.69) is 0 Å². The molecule has 0 aliphatic carbocycles. The second-order valence-electron chi connectivity index (χ2n) is 6.87. The number of nitrogens with zero attached hydrogens (tertiary/aromatic N) is 2. The first-order valence-electron chi connectivity index (χ1n) is 9.05. The van der Waals surface area contributed by atoms with Gasteiger partial charge < -0.3 is 19.6 Å². The van der Waals surface area contributed by atoms with E-state index in [4.69, 9.17) is 4.74 Å². The maximum atomic E-state index is 13.1. The Morgan fingerprint density at radius 3 is 2.64 bits per heavy atom. The zero-order valence-electron chi connectivity index (χ0n) is 16.2. The van der Waals surface area contributed by atoms with Crippen LogP contribution < -0.4 is 4.74 Å². The number of hydrogen-bond acceptors (Lipinski definition) is 6. The minimum absolute atomic E-state index is 0.113. The standard InChI is InChI=1S/C21H24N2O4S/c1-22(2)11-7-12-23-18(14-8-4-5-9-15(14)27-3)17(20(25)21(23)26)19(24)16-10-6-13-28-16/h4-6,8-10,13,18,25H,7,11-12H2,1-3H3. The Bertz CT molecular complexity index is 890. The van der Waals surface area contributed by atoms with Crippen LogP contribution in [0.4, 0.5) is 0 Å². The first kappa shape index (κ1) is 20.1. The summed E-state index contributed by atoms with van der Waals surface area (Å²) in [5, 5.41) is 12.4. The summed E-state index contributed by atoms with van der Waals surface area (Å²) in [5.41, 5.74) is 0.800. The number of benzene rings is 1. The van der Waals surface area contributed by atoms with Gasteiger partial charge in [-0.3, -0.25) is 9.59 Å². The van der Waals surface area contributed by atoms with Gasteiger partial charge in [0.15, 0.2) is 5.76 Å². The largest absolute Gasteiger partial charge is 0.503 e. The van der Waals surface area contributed by atoms with Crippen molar-refractivity contribution in [2.45, 2.75) is 12.5 Å². The highest BCUT2D eigenvalue weighted by atomic mass is 32.1. The van der Waals surface area contributed by atoms with E-state index in [0.717, 1.165) is 13.0 Å².